The monoisotopic (exact) mass is 348 g/mol. The van der Waals surface area contributed by atoms with Crippen molar-refractivity contribution in [2.24, 2.45) is 5.73 Å². The SMILES string of the molecule is CSc1ccc(CSc2nnc(CCC(N)=O)n2C2CC2)cc1. The van der Waals surface area contributed by atoms with Crippen LogP contribution in [0.2, 0.25) is 0 Å². The number of nitrogens with two attached hydrogens (primary N) is 1. The standard InChI is InChI=1S/C16H20N4OS2/c1-22-13-6-2-11(3-7-13)10-23-16-19-18-15(9-8-14(17)21)20(16)12-4-5-12/h2-3,6-7,12H,4-5,8-10H2,1H3,(H2,17,21). The number of benzene rings is 1. The second-order valence-corrected chi connectivity index (χ2v) is 7.43. The van der Waals surface area contributed by atoms with Gasteiger partial charge in [0.2, 0.25) is 5.91 Å². The number of hydrogen-bond donors (Lipinski definition) is 1. The summed E-state index contributed by atoms with van der Waals surface area (Å²) < 4.78 is 2.20. The Bertz CT molecular complexity index is 680. The summed E-state index contributed by atoms with van der Waals surface area (Å²) in [4.78, 5) is 12.3. The van der Waals surface area contributed by atoms with Gasteiger partial charge in [-0.25, -0.2) is 0 Å². The Kier molecular flexibility index (Phi) is 5.27. The van der Waals surface area contributed by atoms with Gasteiger partial charge in [-0.2, -0.15) is 0 Å². The van der Waals surface area contributed by atoms with Crippen LogP contribution in [0.25, 0.3) is 0 Å². The minimum atomic E-state index is -0.293. The van der Waals surface area contributed by atoms with Crippen molar-refractivity contribution < 1.29 is 4.79 Å². The molecular weight excluding hydrogens is 328 g/mol. The third-order valence-electron chi connectivity index (χ3n) is 3.77. The Morgan fingerprint density at radius 1 is 1.30 bits per heavy atom. The third-order valence-corrected chi connectivity index (χ3v) is 5.53. The second-order valence-electron chi connectivity index (χ2n) is 5.60. The highest BCUT2D eigenvalue weighted by atomic mass is 32.2. The topological polar surface area (TPSA) is 73.8 Å². The Hall–Kier alpha value is -1.47. The number of aromatic nitrogens is 3. The maximum absolute atomic E-state index is 11.0. The first-order valence-electron chi connectivity index (χ1n) is 7.65. The molecule has 2 N–H and O–H groups in total. The molecule has 1 heterocycles. The van der Waals surface area contributed by atoms with Crippen molar-refractivity contribution in [1.82, 2.24) is 14.8 Å². The van der Waals surface area contributed by atoms with Gasteiger partial charge in [0.1, 0.15) is 5.82 Å². The molecule has 0 radical (unpaired) electrons. The molecule has 0 aliphatic heterocycles. The summed E-state index contributed by atoms with van der Waals surface area (Å²) in [5.41, 5.74) is 6.52. The van der Waals surface area contributed by atoms with Crippen LogP contribution in [0.15, 0.2) is 34.3 Å². The van der Waals surface area contributed by atoms with E-state index < -0.39 is 0 Å². The zero-order valence-electron chi connectivity index (χ0n) is 13.1. The van der Waals surface area contributed by atoms with Crippen LogP contribution in [-0.4, -0.2) is 26.9 Å². The molecule has 1 aliphatic rings. The summed E-state index contributed by atoms with van der Waals surface area (Å²) >= 11 is 3.45. The van der Waals surface area contributed by atoms with Gasteiger partial charge in [0, 0.05) is 29.5 Å². The van der Waals surface area contributed by atoms with Crippen LogP contribution in [0.5, 0.6) is 0 Å². The van der Waals surface area contributed by atoms with Crippen molar-refractivity contribution in [3.05, 3.63) is 35.7 Å². The first-order valence-corrected chi connectivity index (χ1v) is 9.86. The molecule has 0 bridgehead atoms. The van der Waals surface area contributed by atoms with Gasteiger partial charge in [-0.05, 0) is 36.8 Å². The van der Waals surface area contributed by atoms with Crippen LogP contribution in [0.3, 0.4) is 0 Å². The molecule has 0 saturated heterocycles. The van der Waals surface area contributed by atoms with Crippen LogP contribution in [0.1, 0.15) is 36.7 Å². The smallest absolute Gasteiger partial charge is 0.217 e. The lowest BCUT2D eigenvalue weighted by molar-refractivity contribution is -0.118. The molecule has 23 heavy (non-hydrogen) atoms. The summed E-state index contributed by atoms with van der Waals surface area (Å²) in [7, 11) is 0. The van der Waals surface area contributed by atoms with E-state index in [-0.39, 0.29) is 5.91 Å². The van der Waals surface area contributed by atoms with E-state index in [9.17, 15) is 4.79 Å². The molecular formula is C16H20N4OS2. The summed E-state index contributed by atoms with van der Waals surface area (Å²) in [6.07, 6.45) is 5.30. The molecule has 3 rings (SSSR count). The fraction of sp³-hybridized carbons (Fsp3) is 0.438. The van der Waals surface area contributed by atoms with Gasteiger partial charge >= 0.3 is 0 Å². The van der Waals surface area contributed by atoms with E-state index in [1.807, 2.05) is 0 Å². The van der Waals surface area contributed by atoms with Crippen molar-refractivity contribution in [1.29, 1.82) is 0 Å². The molecule has 2 aromatic rings. The molecule has 1 aliphatic carbocycles. The van der Waals surface area contributed by atoms with Crippen LogP contribution in [-0.2, 0) is 17.0 Å². The summed E-state index contributed by atoms with van der Waals surface area (Å²) in [5.74, 6) is 1.46. The molecule has 1 aromatic heterocycles. The zero-order valence-corrected chi connectivity index (χ0v) is 14.7. The minimum absolute atomic E-state index is 0.293. The molecule has 1 fully saturated rings. The highest BCUT2D eigenvalue weighted by Crippen LogP contribution is 2.39. The van der Waals surface area contributed by atoms with E-state index in [0.29, 0.717) is 18.9 Å². The number of aryl methyl sites for hydroxylation is 1. The van der Waals surface area contributed by atoms with Crippen molar-refractivity contribution in [2.75, 3.05) is 6.26 Å². The fourth-order valence-corrected chi connectivity index (χ4v) is 3.77. The van der Waals surface area contributed by atoms with Crippen molar-refractivity contribution in [3.63, 3.8) is 0 Å². The van der Waals surface area contributed by atoms with Gasteiger partial charge in [-0.15, -0.1) is 22.0 Å². The highest BCUT2D eigenvalue weighted by Gasteiger charge is 2.29. The molecule has 5 nitrogen and oxygen atoms in total. The minimum Gasteiger partial charge on any atom is -0.370 e. The predicted octanol–water partition coefficient (Wildman–Crippen LogP) is 3.05. The zero-order chi connectivity index (χ0) is 16.2. The van der Waals surface area contributed by atoms with E-state index in [1.54, 1.807) is 23.5 Å². The van der Waals surface area contributed by atoms with Gasteiger partial charge < -0.3 is 10.3 Å². The third kappa shape index (κ3) is 4.29. The number of rotatable bonds is 8. The Balaban J connectivity index is 1.68. The van der Waals surface area contributed by atoms with Crippen molar-refractivity contribution in [2.45, 2.75) is 47.5 Å². The fourth-order valence-electron chi connectivity index (χ4n) is 2.38. The van der Waals surface area contributed by atoms with E-state index in [0.717, 1.165) is 29.6 Å². The van der Waals surface area contributed by atoms with Gasteiger partial charge in [-0.1, -0.05) is 23.9 Å². The van der Waals surface area contributed by atoms with Crippen molar-refractivity contribution in [3.8, 4) is 0 Å². The Labute approximate surface area is 144 Å². The summed E-state index contributed by atoms with van der Waals surface area (Å²) in [6, 6.07) is 9.10. The van der Waals surface area contributed by atoms with Crippen LogP contribution in [0, 0.1) is 0 Å². The van der Waals surface area contributed by atoms with Crippen LogP contribution >= 0.6 is 23.5 Å². The summed E-state index contributed by atoms with van der Waals surface area (Å²) in [6.45, 7) is 0. The van der Waals surface area contributed by atoms with E-state index in [4.69, 9.17) is 5.73 Å². The maximum atomic E-state index is 11.0. The van der Waals surface area contributed by atoms with E-state index >= 15 is 0 Å². The average Bonchev–Trinajstić information content (AvgIpc) is 3.32. The summed E-state index contributed by atoms with van der Waals surface area (Å²) in [5, 5.41) is 9.54. The lowest BCUT2D eigenvalue weighted by atomic mass is 10.2. The maximum Gasteiger partial charge on any atom is 0.217 e. The first kappa shape index (κ1) is 16.4. The number of carbonyl (C=O) groups excluding carboxylic acids is 1. The first-order chi connectivity index (χ1) is 11.2. The largest absolute Gasteiger partial charge is 0.370 e. The number of thioether (sulfide) groups is 2. The number of hydrogen-bond acceptors (Lipinski definition) is 5. The van der Waals surface area contributed by atoms with Gasteiger partial charge in [0.05, 0.1) is 0 Å². The van der Waals surface area contributed by atoms with Gasteiger partial charge in [0.15, 0.2) is 5.16 Å². The Morgan fingerprint density at radius 3 is 2.65 bits per heavy atom. The lowest BCUT2D eigenvalue weighted by Gasteiger charge is -2.08. The van der Waals surface area contributed by atoms with Gasteiger partial charge in [0.25, 0.3) is 0 Å². The van der Waals surface area contributed by atoms with E-state index in [2.05, 4.69) is 45.3 Å². The molecule has 122 valence electrons. The van der Waals surface area contributed by atoms with E-state index in [1.165, 1.54) is 10.5 Å². The molecule has 7 heteroatoms. The van der Waals surface area contributed by atoms with Crippen LogP contribution in [0.4, 0.5) is 0 Å². The normalized spacial score (nSPS) is 14.1. The molecule has 1 saturated carbocycles. The number of primary amides is 1. The molecule has 0 unspecified atom stereocenters. The van der Waals surface area contributed by atoms with Gasteiger partial charge in [-0.3, -0.25) is 4.79 Å². The number of carbonyl (C=O) groups is 1. The number of nitrogens with zero attached hydrogens (tertiary/aromatic N) is 3. The van der Waals surface area contributed by atoms with Crippen LogP contribution < -0.4 is 5.73 Å². The average molecular weight is 348 g/mol. The Morgan fingerprint density at radius 2 is 2.04 bits per heavy atom. The highest BCUT2D eigenvalue weighted by molar-refractivity contribution is 7.98. The lowest BCUT2D eigenvalue weighted by Crippen LogP contribution is -2.13. The quantitative estimate of drug-likeness (QED) is 0.742. The molecule has 0 atom stereocenters. The van der Waals surface area contributed by atoms with Crippen molar-refractivity contribution >= 4 is 29.4 Å². The second kappa shape index (κ2) is 7.40. The number of amides is 1. The molecule has 1 amide bonds. The predicted molar refractivity (Wildman–Crippen MR) is 93.6 cm³/mol. The molecule has 1 aromatic carbocycles. The molecule has 0 spiro atoms.